The van der Waals surface area contributed by atoms with Crippen molar-refractivity contribution in [2.75, 3.05) is 43.1 Å². The number of alkyl halides is 3. The lowest BCUT2D eigenvalue weighted by molar-refractivity contribution is -0.159. The lowest BCUT2D eigenvalue weighted by atomic mass is 9.95. The second-order valence-electron chi connectivity index (χ2n) is 8.52. The number of hydrogen-bond acceptors (Lipinski definition) is 5. The molecule has 0 radical (unpaired) electrons. The number of nitrogens with one attached hydrogen (secondary N) is 1. The molecule has 0 aliphatic carbocycles. The van der Waals surface area contributed by atoms with Gasteiger partial charge in [0.1, 0.15) is 6.61 Å². The molecule has 1 aliphatic heterocycles. The predicted molar refractivity (Wildman–Crippen MR) is 108 cm³/mol. The number of rotatable bonds is 7. The Labute approximate surface area is 178 Å². The van der Waals surface area contributed by atoms with Crippen molar-refractivity contribution in [1.29, 1.82) is 0 Å². The van der Waals surface area contributed by atoms with E-state index in [0.717, 1.165) is 4.90 Å². The van der Waals surface area contributed by atoms with Crippen LogP contribution in [0.3, 0.4) is 0 Å². The zero-order valence-corrected chi connectivity index (χ0v) is 17.7. The first kappa shape index (κ1) is 24.6. The number of primary amides is 1. The van der Waals surface area contributed by atoms with Crippen LogP contribution in [0.5, 0.6) is 0 Å². The van der Waals surface area contributed by atoms with E-state index in [0.29, 0.717) is 18.8 Å². The van der Waals surface area contributed by atoms with Crippen molar-refractivity contribution in [2.24, 2.45) is 11.1 Å². The summed E-state index contributed by atoms with van der Waals surface area (Å²) >= 11 is 0. The van der Waals surface area contributed by atoms with E-state index in [1.54, 1.807) is 32.9 Å². The minimum Gasteiger partial charge on any atom is -0.370 e. The van der Waals surface area contributed by atoms with Crippen LogP contribution in [0.15, 0.2) is 24.3 Å². The van der Waals surface area contributed by atoms with Crippen LogP contribution in [-0.2, 0) is 19.1 Å². The van der Waals surface area contributed by atoms with E-state index in [1.807, 2.05) is 0 Å². The van der Waals surface area contributed by atoms with Gasteiger partial charge in [-0.2, -0.15) is 13.2 Å². The molecule has 3 N–H and O–H groups in total. The number of anilines is 2. The predicted octanol–water partition coefficient (Wildman–Crippen LogP) is 1.75. The van der Waals surface area contributed by atoms with E-state index >= 15 is 0 Å². The van der Waals surface area contributed by atoms with Crippen molar-refractivity contribution in [2.45, 2.75) is 33.0 Å². The molecule has 1 fully saturated rings. The number of ether oxygens (including phenoxy) is 1. The molecule has 1 aliphatic rings. The van der Waals surface area contributed by atoms with Crippen LogP contribution in [0.2, 0.25) is 0 Å². The quantitative estimate of drug-likeness (QED) is 0.624. The lowest BCUT2D eigenvalue weighted by Crippen LogP contribution is -2.56. The molecule has 31 heavy (non-hydrogen) atoms. The molecule has 2 rings (SSSR count). The summed E-state index contributed by atoms with van der Waals surface area (Å²) in [6, 6.07) is 4.35. The first-order valence-electron chi connectivity index (χ1n) is 9.66. The van der Waals surface area contributed by atoms with Gasteiger partial charge < -0.3 is 20.7 Å². The Hall–Kier alpha value is -2.66. The third-order valence-electron chi connectivity index (χ3n) is 4.38. The summed E-state index contributed by atoms with van der Waals surface area (Å²) in [6.07, 6.45) is -4.62. The van der Waals surface area contributed by atoms with E-state index in [4.69, 9.17) is 10.5 Å². The normalized spacial score (nSPS) is 16.4. The Bertz CT molecular complexity index is 790. The number of nitrogens with two attached hydrogens (primary N) is 1. The number of benzene rings is 1. The van der Waals surface area contributed by atoms with E-state index in [1.165, 1.54) is 17.0 Å². The Balaban J connectivity index is 2.18. The Morgan fingerprint density at radius 2 is 1.81 bits per heavy atom. The van der Waals surface area contributed by atoms with Gasteiger partial charge in [0, 0.05) is 24.5 Å². The molecule has 1 aromatic carbocycles. The van der Waals surface area contributed by atoms with Crippen LogP contribution in [0.25, 0.3) is 0 Å². The molecule has 8 nitrogen and oxygen atoms in total. The summed E-state index contributed by atoms with van der Waals surface area (Å²) < 4.78 is 44.3. The van der Waals surface area contributed by atoms with Gasteiger partial charge in [-0.05, 0) is 29.7 Å². The van der Waals surface area contributed by atoms with Crippen LogP contribution in [0.1, 0.15) is 20.8 Å². The first-order valence-corrected chi connectivity index (χ1v) is 9.66. The van der Waals surface area contributed by atoms with Gasteiger partial charge in [-0.15, -0.1) is 0 Å². The Morgan fingerprint density at radius 1 is 1.19 bits per heavy atom. The van der Waals surface area contributed by atoms with E-state index in [9.17, 15) is 27.6 Å². The molecule has 3 amide bonds. The number of carbonyl (C=O) groups excluding carboxylic acids is 3. The average Bonchev–Trinajstić information content (AvgIpc) is 2.60. The Morgan fingerprint density at radius 3 is 2.29 bits per heavy atom. The number of halogens is 3. The lowest BCUT2D eigenvalue weighted by Gasteiger charge is -2.34. The molecule has 1 aromatic rings. The highest BCUT2D eigenvalue weighted by atomic mass is 19.4. The van der Waals surface area contributed by atoms with Gasteiger partial charge in [-0.25, -0.2) is 0 Å². The van der Waals surface area contributed by atoms with Crippen molar-refractivity contribution in [3.8, 4) is 0 Å². The number of morpholine rings is 1. The summed E-state index contributed by atoms with van der Waals surface area (Å²) in [4.78, 5) is 38.8. The molecule has 1 atom stereocenters. The minimum atomic E-state index is -4.62. The molecular formula is C20H27F3N4O4. The standard InChI is InChI=1S/C20H27F3N4O4/c1-19(2,3)11-26(12-20(21,22)23)16(17(24)29)18(30)25-13-4-6-14(7-5-13)27-8-9-31-10-15(27)28/h4-7,16H,8-12H2,1-3H3,(H2,24,29)(H,25,30)/t16-/m0/s1. The Kier molecular flexibility index (Phi) is 7.66. The first-order chi connectivity index (χ1) is 14.3. The monoisotopic (exact) mass is 444 g/mol. The topological polar surface area (TPSA) is 105 Å². The van der Waals surface area contributed by atoms with Crippen LogP contribution < -0.4 is 16.0 Å². The van der Waals surface area contributed by atoms with Gasteiger partial charge in [-0.1, -0.05) is 20.8 Å². The van der Waals surface area contributed by atoms with Crippen LogP contribution in [0.4, 0.5) is 24.5 Å². The number of carbonyl (C=O) groups is 3. The molecule has 1 saturated heterocycles. The third-order valence-corrected chi connectivity index (χ3v) is 4.38. The number of amides is 3. The van der Waals surface area contributed by atoms with Gasteiger partial charge in [0.2, 0.25) is 5.91 Å². The highest BCUT2D eigenvalue weighted by Crippen LogP contribution is 2.24. The molecule has 0 aromatic heterocycles. The van der Waals surface area contributed by atoms with Crippen molar-refractivity contribution in [1.82, 2.24) is 4.90 Å². The summed E-state index contributed by atoms with van der Waals surface area (Å²) in [5, 5.41) is 2.44. The largest absolute Gasteiger partial charge is 0.401 e. The average molecular weight is 444 g/mol. The van der Waals surface area contributed by atoms with Crippen LogP contribution >= 0.6 is 0 Å². The number of nitrogens with zero attached hydrogens (tertiary/aromatic N) is 2. The maximum Gasteiger partial charge on any atom is 0.401 e. The van der Waals surface area contributed by atoms with Gasteiger partial charge in [0.25, 0.3) is 11.8 Å². The van der Waals surface area contributed by atoms with Crippen molar-refractivity contribution in [3.63, 3.8) is 0 Å². The maximum absolute atomic E-state index is 13.1. The van der Waals surface area contributed by atoms with Crippen LogP contribution in [0, 0.1) is 5.41 Å². The SMILES string of the molecule is CC(C)(C)CN(CC(F)(F)F)[C@@H](C(N)=O)C(=O)Nc1ccc(N2CCOCC2=O)cc1. The highest BCUT2D eigenvalue weighted by Gasteiger charge is 2.40. The summed E-state index contributed by atoms with van der Waals surface area (Å²) in [7, 11) is 0. The molecule has 1 heterocycles. The molecule has 0 saturated carbocycles. The van der Waals surface area contributed by atoms with E-state index < -0.39 is 36.0 Å². The third kappa shape index (κ3) is 7.51. The highest BCUT2D eigenvalue weighted by molar-refractivity contribution is 6.09. The van der Waals surface area contributed by atoms with Crippen LogP contribution in [-0.4, -0.2) is 67.7 Å². The number of hydrogen-bond donors (Lipinski definition) is 2. The fraction of sp³-hybridized carbons (Fsp3) is 0.550. The second-order valence-corrected chi connectivity index (χ2v) is 8.52. The smallest absolute Gasteiger partial charge is 0.370 e. The van der Waals surface area contributed by atoms with Gasteiger partial charge in [-0.3, -0.25) is 19.3 Å². The van der Waals surface area contributed by atoms with Gasteiger partial charge in [0.05, 0.1) is 13.2 Å². The van der Waals surface area contributed by atoms with Crippen molar-refractivity contribution < 1.29 is 32.3 Å². The maximum atomic E-state index is 13.1. The molecule has 172 valence electrons. The summed E-state index contributed by atoms with van der Waals surface area (Å²) in [5.41, 5.74) is 5.52. The second kappa shape index (κ2) is 9.65. The van der Waals surface area contributed by atoms with E-state index in [-0.39, 0.29) is 24.7 Å². The minimum absolute atomic E-state index is 0.0262. The van der Waals surface area contributed by atoms with E-state index in [2.05, 4.69) is 5.32 Å². The fourth-order valence-electron chi connectivity index (χ4n) is 3.28. The molecule has 0 unspecified atom stereocenters. The van der Waals surface area contributed by atoms with Gasteiger partial charge >= 0.3 is 6.18 Å². The zero-order chi connectivity index (χ0) is 23.4. The summed E-state index contributed by atoms with van der Waals surface area (Å²) in [5.74, 6) is -2.35. The molecule has 0 bridgehead atoms. The molecule has 0 spiro atoms. The van der Waals surface area contributed by atoms with Gasteiger partial charge in [0.15, 0.2) is 6.04 Å². The molecule has 11 heteroatoms. The summed E-state index contributed by atoms with van der Waals surface area (Å²) in [6.45, 7) is 4.20. The van der Waals surface area contributed by atoms with Crippen molar-refractivity contribution in [3.05, 3.63) is 24.3 Å². The zero-order valence-electron chi connectivity index (χ0n) is 17.7. The fourth-order valence-corrected chi connectivity index (χ4v) is 3.28. The molecular weight excluding hydrogens is 417 g/mol. The van der Waals surface area contributed by atoms with Crippen molar-refractivity contribution >= 4 is 29.1 Å².